The number of hydrogen-bond acceptors (Lipinski definition) is 6. The molecular formula is C30H32N6O4. The van der Waals surface area contributed by atoms with Gasteiger partial charge in [0.1, 0.15) is 17.6 Å². The van der Waals surface area contributed by atoms with Crippen molar-refractivity contribution in [2.75, 3.05) is 6.54 Å². The predicted octanol–water partition coefficient (Wildman–Crippen LogP) is 4.10. The van der Waals surface area contributed by atoms with E-state index in [0.29, 0.717) is 18.1 Å². The summed E-state index contributed by atoms with van der Waals surface area (Å²) >= 11 is 0. The second-order valence-corrected chi connectivity index (χ2v) is 9.99. The second-order valence-electron chi connectivity index (χ2n) is 9.99. The first-order chi connectivity index (χ1) is 19.4. The summed E-state index contributed by atoms with van der Waals surface area (Å²) in [4.78, 5) is 49.4. The molecule has 0 aliphatic carbocycles. The van der Waals surface area contributed by atoms with Crippen molar-refractivity contribution in [3.05, 3.63) is 95.8 Å². The van der Waals surface area contributed by atoms with Gasteiger partial charge in [-0.05, 0) is 37.8 Å². The molecule has 3 N–H and O–H groups in total. The minimum Gasteiger partial charge on any atom is -0.361 e. The molecule has 2 unspecified atom stereocenters. The topological polar surface area (TPSA) is 133 Å². The maximum atomic E-state index is 13.5. The summed E-state index contributed by atoms with van der Waals surface area (Å²) in [5.41, 5.74) is 2.88. The minimum absolute atomic E-state index is 0.0395. The van der Waals surface area contributed by atoms with Crippen LogP contribution in [-0.4, -0.2) is 50.3 Å². The maximum absolute atomic E-state index is 13.5. The summed E-state index contributed by atoms with van der Waals surface area (Å²) in [5, 5.41) is 9.34. The summed E-state index contributed by atoms with van der Waals surface area (Å²) in [7, 11) is 0. The number of likely N-dealkylation sites (tertiary alicyclic amines) is 1. The molecule has 10 nitrogen and oxygen atoms in total. The first kappa shape index (κ1) is 26.9. The zero-order valence-electron chi connectivity index (χ0n) is 22.5. The van der Waals surface area contributed by atoms with E-state index in [9.17, 15) is 14.4 Å². The molecule has 40 heavy (non-hydrogen) atoms. The highest BCUT2D eigenvalue weighted by Gasteiger charge is 2.34. The molecule has 3 atom stereocenters. The Morgan fingerprint density at radius 1 is 1.07 bits per heavy atom. The Kier molecular flexibility index (Phi) is 8.04. The van der Waals surface area contributed by atoms with Gasteiger partial charge in [-0.1, -0.05) is 65.8 Å². The minimum atomic E-state index is -1.12. The van der Waals surface area contributed by atoms with Gasteiger partial charge in [0.05, 0.1) is 30.4 Å². The molecule has 5 rings (SSSR count). The van der Waals surface area contributed by atoms with E-state index in [4.69, 9.17) is 4.52 Å². The molecule has 206 valence electrons. The fraction of sp³-hybridized carbons (Fsp3) is 0.300. The van der Waals surface area contributed by atoms with Crippen LogP contribution in [0.2, 0.25) is 0 Å². The van der Waals surface area contributed by atoms with Gasteiger partial charge in [-0.2, -0.15) is 0 Å². The van der Waals surface area contributed by atoms with Gasteiger partial charge in [-0.15, -0.1) is 0 Å². The van der Waals surface area contributed by atoms with Crippen molar-refractivity contribution in [1.82, 2.24) is 30.7 Å². The highest BCUT2D eigenvalue weighted by atomic mass is 16.5. The molecule has 0 spiro atoms. The van der Waals surface area contributed by atoms with Crippen LogP contribution in [0.15, 0.2) is 77.4 Å². The molecule has 3 amide bonds. The third-order valence-corrected chi connectivity index (χ3v) is 7.07. The number of aromatic amines is 1. The number of nitrogens with zero attached hydrogens (tertiary/aromatic N) is 3. The van der Waals surface area contributed by atoms with Gasteiger partial charge in [0.2, 0.25) is 11.8 Å². The van der Waals surface area contributed by atoms with E-state index in [1.54, 1.807) is 24.9 Å². The van der Waals surface area contributed by atoms with Crippen LogP contribution in [0.25, 0.3) is 11.3 Å². The highest BCUT2D eigenvalue weighted by molar-refractivity contribution is 5.97. The average molecular weight is 541 g/mol. The van der Waals surface area contributed by atoms with Gasteiger partial charge in [-0.25, -0.2) is 4.98 Å². The van der Waals surface area contributed by atoms with Crippen LogP contribution >= 0.6 is 0 Å². The Balaban J connectivity index is 1.31. The van der Waals surface area contributed by atoms with Crippen LogP contribution < -0.4 is 10.6 Å². The number of carbonyl (C=O) groups excluding carboxylic acids is 3. The van der Waals surface area contributed by atoms with Crippen molar-refractivity contribution >= 4 is 17.7 Å². The maximum Gasteiger partial charge on any atom is 0.274 e. The molecule has 4 aromatic rings. The second kappa shape index (κ2) is 12.0. The summed E-state index contributed by atoms with van der Waals surface area (Å²) in [6.07, 6.45) is 3.22. The van der Waals surface area contributed by atoms with E-state index in [1.165, 1.54) is 6.07 Å². The first-order valence-electron chi connectivity index (χ1n) is 13.4. The summed E-state index contributed by atoms with van der Waals surface area (Å²) in [5.74, 6) is -0.282. The van der Waals surface area contributed by atoms with E-state index in [-0.39, 0.29) is 24.1 Å². The molecule has 10 heteroatoms. The Bertz CT molecular complexity index is 1470. The lowest BCUT2D eigenvalue weighted by Crippen LogP contribution is -2.50. The fourth-order valence-corrected chi connectivity index (χ4v) is 5.00. The molecule has 2 aromatic carbocycles. The molecule has 0 saturated carbocycles. The normalized spacial score (nSPS) is 16.4. The smallest absolute Gasteiger partial charge is 0.274 e. The van der Waals surface area contributed by atoms with Gasteiger partial charge in [0.15, 0.2) is 5.69 Å². The van der Waals surface area contributed by atoms with Crippen molar-refractivity contribution in [3.8, 4) is 11.3 Å². The van der Waals surface area contributed by atoms with E-state index in [0.717, 1.165) is 29.7 Å². The molecule has 3 heterocycles. The van der Waals surface area contributed by atoms with Crippen LogP contribution in [0.3, 0.4) is 0 Å². The van der Waals surface area contributed by atoms with Crippen LogP contribution in [0.5, 0.6) is 0 Å². The average Bonchev–Trinajstić information content (AvgIpc) is 3.74. The van der Waals surface area contributed by atoms with Gasteiger partial charge >= 0.3 is 0 Å². The molecule has 1 aliphatic heterocycles. The lowest BCUT2D eigenvalue weighted by Gasteiger charge is -2.27. The number of H-pyrrole nitrogens is 1. The summed E-state index contributed by atoms with van der Waals surface area (Å²) < 4.78 is 5.02. The molecule has 1 saturated heterocycles. The molecular weight excluding hydrogens is 508 g/mol. The van der Waals surface area contributed by atoms with Gasteiger partial charge in [0.25, 0.3) is 5.91 Å². The molecule has 0 bridgehead atoms. The quantitative estimate of drug-likeness (QED) is 0.293. The zero-order chi connectivity index (χ0) is 28.1. The summed E-state index contributed by atoms with van der Waals surface area (Å²) in [6.45, 7) is 4.05. The zero-order valence-corrected chi connectivity index (χ0v) is 22.5. The number of hydrogen-bond donors (Lipinski definition) is 3. The SMILES string of the molecule is Cc1cc(C(=O)NC(CC(=O)N2CCCC2c2ccccc2)C(=O)N[C@@H](C)c2ncc(-c3ccccc3)[nH]2)no1. The van der Waals surface area contributed by atoms with E-state index >= 15 is 0 Å². The van der Waals surface area contributed by atoms with Crippen LogP contribution in [0.1, 0.15) is 65.9 Å². The number of nitrogens with one attached hydrogen (secondary N) is 3. The van der Waals surface area contributed by atoms with Gasteiger partial charge < -0.3 is 25.0 Å². The Labute approximate surface area is 232 Å². The fourth-order valence-electron chi connectivity index (χ4n) is 5.00. The third-order valence-electron chi connectivity index (χ3n) is 7.07. The standard InChI is InChI=1S/C30H32N6O4/c1-19-16-24(35-40-19)30(39)34-23(17-27(37)36-15-9-14-26(36)22-12-7-4-8-13-22)29(38)32-20(2)28-31-18-25(33-28)21-10-5-3-6-11-21/h3-8,10-13,16,18,20,23,26H,9,14-15,17H2,1-2H3,(H,31,33)(H,32,38)(H,34,39)/t20-,23?,26?/m0/s1. The van der Waals surface area contributed by atoms with Crippen LogP contribution in [0.4, 0.5) is 0 Å². The van der Waals surface area contributed by atoms with Crippen LogP contribution in [-0.2, 0) is 9.59 Å². The number of rotatable bonds is 9. The van der Waals surface area contributed by atoms with Crippen molar-refractivity contribution in [2.24, 2.45) is 0 Å². The molecule has 1 fully saturated rings. The van der Waals surface area contributed by atoms with Crippen molar-refractivity contribution in [3.63, 3.8) is 0 Å². The van der Waals surface area contributed by atoms with Crippen molar-refractivity contribution in [1.29, 1.82) is 0 Å². The summed E-state index contributed by atoms with van der Waals surface area (Å²) in [6, 6.07) is 19.4. The van der Waals surface area contributed by atoms with E-state index in [2.05, 4.69) is 25.8 Å². The lowest BCUT2D eigenvalue weighted by molar-refractivity contribution is -0.135. The molecule has 0 radical (unpaired) electrons. The predicted molar refractivity (Wildman–Crippen MR) is 148 cm³/mol. The van der Waals surface area contributed by atoms with E-state index < -0.39 is 23.9 Å². The Morgan fingerprint density at radius 3 is 2.50 bits per heavy atom. The molecule has 2 aromatic heterocycles. The number of carbonyl (C=O) groups is 3. The number of imidazole rings is 1. The lowest BCUT2D eigenvalue weighted by atomic mass is 10.0. The molecule has 1 aliphatic rings. The van der Waals surface area contributed by atoms with Crippen molar-refractivity contribution in [2.45, 2.75) is 51.2 Å². The largest absolute Gasteiger partial charge is 0.361 e. The Morgan fingerprint density at radius 2 is 1.80 bits per heavy atom. The van der Waals surface area contributed by atoms with Gasteiger partial charge in [-0.3, -0.25) is 14.4 Å². The first-order valence-corrected chi connectivity index (χ1v) is 13.4. The number of aryl methyl sites for hydroxylation is 1. The number of amides is 3. The third kappa shape index (κ3) is 6.12. The van der Waals surface area contributed by atoms with E-state index in [1.807, 2.05) is 60.7 Å². The van der Waals surface area contributed by atoms with Crippen LogP contribution in [0, 0.1) is 6.92 Å². The highest BCUT2D eigenvalue weighted by Crippen LogP contribution is 2.32. The van der Waals surface area contributed by atoms with Gasteiger partial charge in [0, 0.05) is 12.6 Å². The monoisotopic (exact) mass is 540 g/mol. The number of benzene rings is 2. The van der Waals surface area contributed by atoms with Crippen molar-refractivity contribution < 1.29 is 18.9 Å². The Hall–Kier alpha value is -4.73. The number of aromatic nitrogens is 3.